The molecule has 0 unspecified atom stereocenters. The van der Waals surface area contributed by atoms with E-state index in [0.29, 0.717) is 0 Å². The maximum Gasteiger partial charge on any atom is 0.348 e. The minimum absolute atomic E-state index is 0.0845. The number of ether oxygens (including phenoxy) is 1. The average molecular weight is 215 g/mol. The Morgan fingerprint density at radius 3 is 2.69 bits per heavy atom. The van der Waals surface area contributed by atoms with Crippen LogP contribution in [0.2, 0.25) is 0 Å². The van der Waals surface area contributed by atoms with Crippen molar-refractivity contribution < 1.29 is 19.1 Å². The van der Waals surface area contributed by atoms with Gasteiger partial charge in [0, 0.05) is 11.5 Å². The van der Waals surface area contributed by atoms with Crippen LogP contribution >= 0.6 is 0 Å². The zero-order valence-corrected chi connectivity index (χ0v) is 7.94. The average Bonchev–Trinajstić information content (AvgIpc) is 2.52. The van der Waals surface area contributed by atoms with Crippen molar-refractivity contribution in [2.45, 2.75) is 0 Å². The number of primary amides is 1. The molecular weight excluding hydrogens is 210 g/mol. The Kier molecular flexibility index (Phi) is 2.18. The molecule has 16 heavy (non-hydrogen) atoms. The molecule has 1 amide bonds. The van der Waals surface area contributed by atoms with Crippen molar-refractivity contribution in [2.75, 3.05) is 0 Å². The van der Waals surface area contributed by atoms with Crippen molar-refractivity contribution in [1.82, 2.24) is 0 Å². The maximum absolute atomic E-state index is 11.3. The van der Waals surface area contributed by atoms with E-state index in [1.54, 1.807) is 6.07 Å². The minimum Gasteiger partial charge on any atom is -0.386 e. The standard InChI is InChI=1S/C11H5NO4/c12-8(13)5-4-6-2-1-3-7-9(6)11(15)16-10(7)14/h1-3H,(H2,12,13). The van der Waals surface area contributed by atoms with Crippen LogP contribution in [-0.4, -0.2) is 17.8 Å². The van der Waals surface area contributed by atoms with Gasteiger partial charge in [0.05, 0.1) is 11.1 Å². The molecule has 1 heterocycles. The fourth-order valence-electron chi connectivity index (χ4n) is 1.37. The number of cyclic esters (lactones) is 2. The first-order valence-electron chi connectivity index (χ1n) is 4.30. The Labute approximate surface area is 90.2 Å². The lowest BCUT2D eigenvalue weighted by atomic mass is 10.0. The first kappa shape index (κ1) is 9.93. The number of benzene rings is 1. The zero-order valence-electron chi connectivity index (χ0n) is 7.94. The maximum atomic E-state index is 11.3. The molecule has 0 aromatic heterocycles. The fraction of sp³-hybridized carbons (Fsp3) is 0. The number of esters is 2. The van der Waals surface area contributed by atoms with Gasteiger partial charge in [-0.2, -0.15) is 0 Å². The van der Waals surface area contributed by atoms with Crippen LogP contribution in [0.1, 0.15) is 26.3 Å². The lowest BCUT2D eigenvalue weighted by molar-refractivity contribution is -0.112. The van der Waals surface area contributed by atoms with Crippen LogP contribution in [0.15, 0.2) is 18.2 Å². The fourth-order valence-corrected chi connectivity index (χ4v) is 1.37. The van der Waals surface area contributed by atoms with Crippen LogP contribution in [0.5, 0.6) is 0 Å². The number of carbonyl (C=O) groups is 3. The second-order valence-electron chi connectivity index (χ2n) is 3.02. The molecule has 0 bridgehead atoms. The van der Waals surface area contributed by atoms with E-state index in [9.17, 15) is 14.4 Å². The summed E-state index contributed by atoms with van der Waals surface area (Å²) in [6, 6.07) is 4.51. The van der Waals surface area contributed by atoms with Gasteiger partial charge in [0.1, 0.15) is 0 Å². The molecule has 0 spiro atoms. The molecule has 0 fully saturated rings. The van der Waals surface area contributed by atoms with Crippen LogP contribution < -0.4 is 5.73 Å². The van der Waals surface area contributed by atoms with E-state index in [1.165, 1.54) is 12.1 Å². The summed E-state index contributed by atoms with van der Waals surface area (Å²) in [5.41, 5.74) is 5.35. The third-order valence-corrected chi connectivity index (χ3v) is 1.99. The lowest BCUT2D eigenvalue weighted by Gasteiger charge is -1.94. The molecule has 0 saturated heterocycles. The zero-order chi connectivity index (χ0) is 11.7. The van der Waals surface area contributed by atoms with Crippen molar-refractivity contribution in [1.29, 1.82) is 0 Å². The molecule has 2 rings (SSSR count). The molecule has 0 aliphatic carbocycles. The number of carbonyl (C=O) groups excluding carboxylic acids is 3. The number of hydrogen-bond donors (Lipinski definition) is 1. The highest BCUT2D eigenvalue weighted by Gasteiger charge is 2.31. The topological polar surface area (TPSA) is 86.5 Å². The Morgan fingerprint density at radius 1 is 1.25 bits per heavy atom. The van der Waals surface area contributed by atoms with Crippen molar-refractivity contribution >= 4 is 17.8 Å². The quantitative estimate of drug-likeness (QED) is 0.370. The van der Waals surface area contributed by atoms with E-state index < -0.39 is 17.8 Å². The molecular formula is C11H5NO4. The Bertz CT molecular complexity index is 577. The van der Waals surface area contributed by atoms with E-state index in [0.717, 1.165) is 0 Å². The van der Waals surface area contributed by atoms with Crippen molar-refractivity contribution in [3.63, 3.8) is 0 Å². The van der Waals surface area contributed by atoms with E-state index >= 15 is 0 Å². The molecule has 1 aliphatic heterocycles. The van der Waals surface area contributed by atoms with Crippen molar-refractivity contribution in [3.8, 4) is 11.8 Å². The largest absolute Gasteiger partial charge is 0.386 e. The highest BCUT2D eigenvalue weighted by molar-refractivity contribution is 6.16. The van der Waals surface area contributed by atoms with E-state index in [-0.39, 0.29) is 16.7 Å². The number of amides is 1. The molecule has 78 valence electrons. The van der Waals surface area contributed by atoms with E-state index in [1.807, 2.05) is 0 Å². The Balaban J connectivity index is 2.59. The van der Waals surface area contributed by atoms with Crippen molar-refractivity contribution in [3.05, 3.63) is 34.9 Å². The smallest absolute Gasteiger partial charge is 0.348 e. The number of fused-ring (bicyclic) bond motifs is 1. The Morgan fingerprint density at radius 2 is 2.00 bits per heavy atom. The second-order valence-corrected chi connectivity index (χ2v) is 3.02. The molecule has 1 aromatic carbocycles. The SMILES string of the molecule is NC(=O)C#Cc1cccc2c1C(=O)OC2=O. The van der Waals surface area contributed by atoms with Gasteiger partial charge in [0.25, 0.3) is 5.91 Å². The van der Waals surface area contributed by atoms with E-state index in [2.05, 4.69) is 16.6 Å². The molecule has 2 N–H and O–H groups in total. The summed E-state index contributed by atoms with van der Waals surface area (Å²) < 4.78 is 4.42. The summed E-state index contributed by atoms with van der Waals surface area (Å²) >= 11 is 0. The third-order valence-electron chi connectivity index (χ3n) is 1.99. The first-order valence-corrected chi connectivity index (χ1v) is 4.30. The molecule has 0 saturated carbocycles. The van der Waals surface area contributed by atoms with Crippen LogP contribution in [0.3, 0.4) is 0 Å². The van der Waals surface area contributed by atoms with Gasteiger partial charge in [-0.15, -0.1) is 0 Å². The summed E-state index contributed by atoms with van der Waals surface area (Å²) in [5, 5.41) is 0. The molecule has 5 nitrogen and oxygen atoms in total. The highest BCUT2D eigenvalue weighted by atomic mass is 16.6. The van der Waals surface area contributed by atoms with Crippen LogP contribution in [0.25, 0.3) is 0 Å². The van der Waals surface area contributed by atoms with Crippen molar-refractivity contribution in [2.24, 2.45) is 5.73 Å². The Hall–Kier alpha value is -2.61. The number of nitrogens with two attached hydrogens (primary N) is 1. The minimum atomic E-state index is -0.810. The summed E-state index contributed by atoms with van der Waals surface area (Å²) in [7, 11) is 0. The first-order chi connectivity index (χ1) is 7.59. The van der Waals surface area contributed by atoms with Gasteiger partial charge in [-0.25, -0.2) is 9.59 Å². The van der Waals surface area contributed by atoms with Gasteiger partial charge in [-0.05, 0) is 12.1 Å². The van der Waals surface area contributed by atoms with Gasteiger partial charge < -0.3 is 10.5 Å². The van der Waals surface area contributed by atoms with Crippen LogP contribution in [0, 0.1) is 11.8 Å². The predicted octanol–water partition coefficient (Wildman–Crippen LogP) is -0.166. The third kappa shape index (κ3) is 1.53. The van der Waals surface area contributed by atoms with E-state index in [4.69, 9.17) is 5.73 Å². The normalized spacial score (nSPS) is 12.5. The van der Waals surface area contributed by atoms with Crippen LogP contribution in [-0.2, 0) is 9.53 Å². The molecule has 5 heteroatoms. The summed E-state index contributed by atoms with van der Waals surface area (Å²) in [5.74, 6) is 2.24. The number of hydrogen-bond acceptors (Lipinski definition) is 4. The predicted molar refractivity (Wildman–Crippen MR) is 52.3 cm³/mol. The van der Waals surface area contributed by atoms with Gasteiger partial charge in [-0.1, -0.05) is 12.0 Å². The molecule has 0 radical (unpaired) electrons. The van der Waals surface area contributed by atoms with Crippen LogP contribution in [0.4, 0.5) is 0 Å². The summed E-state index contributed by atoms with van der Waals surface area (Å²) in [6.07, 6.45) is 0. The van der Waals surface area contributed by atoms with Gasteiger partial charge in [0.15, 0.2) is 0 Å². The summed E-state index contributed by atoms with van der Waals surface area (Å²) in [4.78, 5) is 33.0. The molecule has 1 aromatic rings. The van der Waals surface area contributed by atoms with Gasteiger partial charge in [-0.3, -0.25) is 4.79 Å². The summed E-state index contributed by atoms with van der Waals surface area (Å²) in [6.45, 7) is 0. The number of rotatable bonds is 0. The molecule has 0 atom stereocenters. The monoisotopic (exact) mass is 215 g/mol. The second kappa shape index (κ2) is 3.51. The van der Waals surface area contributed by atoms with Gasteiger partial charge in [0.2, 0.25) is 0 Å². The lowest BCUT2D eigenvalue weighted by Crippen LogP contribution is -2.06. The van der Waals surface area contributed by atoms with Gasteiger partial charge >= 0.3 is 11.9 Å². The highest BCUT2D eigenvalue weighted by Crippen LogP contribution is 2.22. The molecule has 1 aliphatic rings.